The normalized spacial score (nSPS) is 10.6. The molecule has 0 nitrogen and oxygen atoms in total. The Kier molecular flexibility index (Phi) is 3.92. The lowest BCUT2D eigenvalue weighted by atomic mass is 10.3. The van der Waals surface area contributed by atoms with Crippen molar-refractivity contribution in [1.82, 2.24) is 0 Å². The van der Waals surface area contributed by atoms with Gasteiger partial charge in [-0.1, -0.05) is 35.0 Å². The minimum absolute atomic E-state index is 0.263. The number of rotatable bonds is 2. The molecule has 0 saturated heterocycles. The first kappa shape index (κ1) is 12.7. The van der Waals surface area contributed by atoms with Crippen LogP contribution in [0.1, 0.15) is 0 Å². The zero-order valence-electron chi connectivity index (χ0n) is 8.38. The van der Waals surface area contributed by atoms with Crippen LogP contribution in [0.3, 0.4) is 0 Å². The lowest BCUT2D eigenvalue weighted by Crippen LogP contribution is -1.84. The van der Waals surface area contributed by atoms with Crippen LogP contribution in [0.15, 0.2) is 46.2 Å². The van der Waals surface area contributed by atoms with E-state index >= 15 is 0 Å². The summed E-state index contributed by atoms with van der Waals surface area (Å²) in [6, 6.07) is 8.26. The van der Waals surface area contributed by atoms with Crippen molar-refractivity contribution < 1.29 is 8.78 Å². The van der Waals surface area contributed by atoms with Gasteiger partial charge in [0.1, 0.15) is 11.6 Å². The molecule has 0 heterocycles. The maximum atomic E-state index is 13.5. The Morgan fingerprint density at radius 2 is 1.18 bits per heavy atom. The van der Waals surface area contributed by atoms with E-state index in [-0.39, 0.29) is 9.79 Å². The first-order chi connectivity index (χ1) is 8.06. The van der Waals surface area contributed by atoms with Gasteiger partial charge in [-0.25, -0.2) is 8.78 Å². The summed E-state index contributed by atoms with van der Waals surface area (Å²) in [6.45, 7) is 0. The van der Waals surface area contributed by atoms with Gasteiger partial charge >= 0.3 is 0 Å². The lowest BCUT2D eigenvalue weighted by molar-refractivity contribution is 0.596. The molecule has 0 radical (unpaired) electrons. The molecule has 0 amide bonds. The second-order valence-corrected chi connectivity index (χ2v) is 5.21. The highest BCUT2D eigenvalue weighted by atomic mass is 35.5. The van der Waals surface area contributed by atoms with Crippen molar-refractivity contribution in [1.29, 1.82) is 0 Å². The number of halogens is 4. The zero-order valence-corrected chi connectivity index (χ0v) is 10.7. The van der Waals surface area contributed by atoms with E-state index < -0.39 is 11.6 Å². The summed E-state index contributed by atoms with van der Waals surface area (Å²) >= 11 is 12.5. The predicted molar refractivity (Wildman–Crippen MR) is 66.9 cm³/mol. The average molecular weight is 291 g/mol. The SMILES string of the molecule is Fc1ccc(Cl)cc1Sc1cc(Cl)ccc1F. The topological polar surface area (TPSA) is 0 Å². The fourth-order valence-corrected chi connectivity index (χ4v) is 2.64. The van der Waals surface area contributed by atoms with Crippen LogP contribution in [-0.2, 0) is 0 Å². The lowest BCUT2D eigenvalue weighted by Gasteiger charge is -2.05. The molecule has 0 fully saturated rings. The molecule has 0 unspecified atom stereocenters. The molecule has 0 spiro atoms. The highest BCUT2D eigenvalue weighted by Gasteiger charge is 2.09. The van der Waals surface area contributed by atoms with Crippen molar-refractivity contribution in [3.8, 4) is 0 Å². The van der Waals surface area contributed by atoms with Crippen LogP contribution in [0.2, 0.25) is 10.0 Å². The first-order valence-electron chi connectivity index (χ1n) is 4.64. The highest BCUT2D eigenvalue weighted by Crippen LogP contribution is 2.34. The van der Waals surface area contributed by atoms with Gasteiger partial charge in [0, 0.05) is 19.8 Å². The van der Waals surface area contributed by atoms with Crippen LogP contribution in [0, 0.1) is 11.6 Å². The zero-order chi connectivity index (χ0) is 12.4. The van der Waals surface area contributed by atoms with Crippen molar-refractivity contribution in [3.63, 3.8) is 0 Å². The van der Waals surface area contributed by atoms with Crippen molar-refractivity contribution >= 4 is 35.0 Å². The standard InChI is InChI=1S/C12H6Cl2F2S/c13-7-1-3-9(15)11(5-7)17-12-6-8(14)2-4-10(12)16/h1-6H. The fraction of sp³-hybridized carbons (Fsp3) is 0. The smallest absolute Gasteiger partial charge is 0.137 e. The van der Waals surface area contributed by atoms with E-state index in [2.05, 4.69) is 0 Å². The molecular formula is C12H6Cl2F2S. The molecule has 0 aliphatic carbocycles. The van der Waals surface area contributed by atoms with Crippen molar-refractivity contribution in [2.75, 3.05) is 0 Å². The van der Waals surface area contributed by atoms with Crippen LogP contribution < -0.4 is 0 Å². The minimum atomic E-state index is -0.446. The molecular weight excluding hydrogens is 285 g/mol. The second-order valence-electron chi connectivity index (χ2n) is 3.25. The molecule has 0 N–H and O–H groups in total. The third-order valence-electron chi connectivity index (χ3n) is 2.01. The molecule has 2 aromatic rings. The molecule has 0 atom stereocenters. The maximum Gasteiger partial charge on any atom is 0.137 e. The van der Waals surface area contributed by atoms with Gasteiger partial charge < -0.3 is 0 Å². The van der Waals surface area contributed by atoms with E-state index in [0.717, 1.165) is 11.8 Å². The number of hydrogen-bond donors (Lipinski definition) is 0. The van der Waals surface area contributed by atoms with Gasteiger partial charge in [-0.15, -0.1) is 0 Å². The summed E-state index contributed by atoms with van der Waals surface area (Å²) in [5, 5.41) is 0.799. The molecule has 0 bridgehead atoms. The molecule has 17 heavy (non-hydrogen) atoms. The van der Waals surface area contributed by atoms with Gasteiger partial charge in [-0.2, -0.15) is 0 Å². The summed E-state index contributed by atoms with van der Waals surface area (Å²) < 4.78 is 26.9. The monoisotopic (exact) mass is 290 g/mol. The molecule has 2 aromatic carbocycles. The Morgan fingerprint density at radius 3 is 1.59 bits per heavy atom. The summed E-state index contributed by atoms with van der Waals surface area (Å²) in [4.78, 5) is 0.525. The third kappa shape index (κ3) is 3.12. The Balaban J connectivity index is 2.37. The van der Waals surface area contributed by atoms with Crippen molar-refractivity contribution in [3.05, 3.63) is 58.1 Å². The summed E-state index contributed by atoms with van der Waals surface area (Å²) in [5.41, 5.74) is 0. The number of hydrogen-bond acceptors (Lipinski definition) is 1. The van der Waals surface area contributed by atoms with Crippen LogP contribution in [-0.4, -0.2) is 0 Å². The Bertz CT molecular complexity index is 509. The van der Waals surface area contributed by atoms with Gasteiger partial charge in [0.05, 0.1) is 0 Å². The molecule has 0 aliphatic rings. The van der Waals surface area contributed by atoms with E-state index in [4.69, 9.17) is 23.2 Å². The first-order valence-corrected chi connectivity index (χ1v) is 6.21. The van der Waals surface area contributed by atoms with E-state index in [9.17, 15) is 8.78 Å². The number of benzene rings is 2. The molecule has 5 heteroatoms. The predicted octanol–water partition coefficient (Wildman–Crippen LogP) is 5.42. The van der Waals surface area contributed by atoms with E-state index in [1.807, 2.05) is 0 Å². The van der Waals surface area contributed by atoms with E-state index in [1.54, 1.807) is 0 Å². The average Bonchev–Trinajstić information content (AvgIpc) is 2.28. The molecule has 0 saturated carbocycles. The summed E-state index contributed by atoms with van der Waals surface area (Å²) in [6.07, 6.45) is 0. The molecule has 0 aliphatic heterocycles. The summed E-state index contributed by atoms with van der Waals surface area (Å²) in [7, 11) is 0. The second kappa shape index (κ2) is 5.25. The molecule has 88 valence electrons. The van der Waals surface area contributed by atoms with Gasteiger partial charge in [0.2, 0.25) is 0 Å². The Morgan fingerprint density at radius 1 is 0.765 bits per heavy atom. The van der Waals surface area contributed by atoms with Crippen LogP contribution in [0.4, 0.5) is 8.78 Å². The van der Waals surface area contributed by atoms with Crippen molar-refractivity contribution in [2.45, 2.75) is 9.79 Å². The van der Waals surface area contributed by atoms with Gasteiger partial charge in [0.15, 0.2) is 0 Å². The van der Waals surface area contributed by atoms with Crippen LogP contribution >= 0.6 is 35.0 Å². The molecule has 0 aromatic heterocycles. The van der Waals surface area contributed by atoms with Crippen LogP contribution in [0.5, 0.6) is 0 Å². The van der Waals surface area contributed by atoms with Crippen LogP contribution in [0.25, 0.3) is 0 Å². The van der Waals surface area contributed by atoms with Gasteiger partial charge in [-0.05, 0) is 36.4 Å². The van der Waals surface area contributed by atoms with Crippen molar-refractivity contribution in [2.24, 2.45) is 0 Å². The Hall–Kier alpha value is -0.770. The summed E-state index contributed by atoms with van der Waals surface area (Å²) in [5.74, 6) is -0.891. The third-order valence-corrected chi connectivity index (χ3v) is 3.54. The largest absolute Gasteiger partial charge is 0.206 e. The van der Waals surface area contributed by atoms with E-state index in [1.165, 1.54) is 36.4 Å². The maximum absolute atomic E-state index is 13.5. The highest BCUT2D eigenvalue weighted by molar-refractivity contribution is 7.99. The van der Waals surface area contributed by atoms with E-state index in [0.29, 0.717) is 10.0 Å². The fourth-order valence-electron chi connectivity index (χ4n) is 1.23. The minimum Gasteiger partial charge on any atom is -0.206 e. The Labute approximate surface area is 112 Å². The quantitative estimate of drug-likeness (QED) is 0.711. The molecule has 2 rings (SSSR count). The van der Waals surface area contributed by atoms with Gasteiger partial charge in [-0.3, -0.25) is 0 Å². The van der Waals surface area contributed by atoms with Gasteiger partial charge in [0.25, 0.3) is 0 Å².